The fourth-order valence-electron chi connectivity index (χ4n) is 4.41. The molecule has 2 bridgehead atoms. The van der Waals surface area contributed by atoms with Crippen LogP contribution in [0.4, 0.5) is 4.39 Å². The smallest absolute Gasteiger partial charge is 0.419 e. The van der Waals surface area contributed by atoms with Crippen LogP contribution in [0.3, 0.4) is 0 Å². The molecule has 0 saturated carbocycles. The molecule has 5 rings (SSSR count). The van der Waals surface area contributed by atoms with Crippen LogP contribution in [0.1, 0.15) is 25.7 Å². The third kappa shape index (κ3) is 3.81. The van der Waals surface area contributed by atoms with Crippen LogP contribution in [-0.4, -0.2) is 44.2 Å². The Morgan fingerprint density at radius 2 is 2.13 bits per heavy atom. The molecule has 4 heterocycles. The van der Waals surface area contributed by atoms with Gasteiger partial charge >= 0.3 is 5.76 Å². The fraction of sp³-hybridized carbons (Fsp3) is 0.409. The van der Waals surface area contributed by atoms with Crippen molar-refractivity contribution in [3.8, 4) is 34.2 Å². The van der Waals surface area contributed by atoms with E-state index in [0.29, 0.717) is 29.0 Å². The van der Waals surface area contributed by atoms with E-state index in [-0.39, 0.29) is 23.7 Å². The van der Waals surface area contributed by atoms with Crippen molar-refractivity contribution in [2.24, 2.45) is 7.05 Å². The van der Waals surface area contributed by atoms with Gasteiger partial charge in [0, 0.05) is 42.7 Å². The summed E-state index contributed by atoms with van der Waals surface area (Å²) < 4.78 is 27.0. The average Bonchev–Trinajstić information content (AvgIpc) is 3.11. The third-order valence-corrected chi connectivity index (χ3v) is 6.04. The summed E-state index contributed by atoms with van der Waals surface area (Å²) in [5.41, 5.74) is 1.49. The summed E-state index contributed by atoms with van der Waals surface area (Å²) >= 11 is 0. The topological polar surface area (TPSA) is 102 Å². The quantitative estimate of drug-likeness (QED) is 0.661. The molecule has 0 unspecified atom stereocenters. The van der Waals surface area contributed by atoms with Gasteiger partial charge in [-0.05, 0) is 31.0 Å². The van der Waals surface area contributed by atoms with Gasteiger partial charge in [-0.25, -0.2) is 9.18 Å². The molecule has 2 aliphatic rings. The van der Waals surface area contributed by atoms with Crippen molar-refractivity contribution in [2.45, 2.75) is 50.0 Å². The summed E-state index contributed by atoms with van der Waals surface area (Å²) in [6.07, 6.45) is 3.45. The standard InChI is InChI=1S/C22H23FN4O4/c1-27-11-19(31-22(27)29)12-5-6-14(17(28)9-12)15-7-8-20(26-25-15)30-18-10-13-3-2-4-16(24-13)21(18)23/h5-9,11,13,16,18,21,24,28H,2-4,10H2,1H3/t13-,16+,18-,21+/m0/s1. The number of ether oxygens (including phenoxy) is 1. The van der Waals surface area contributed by atoms with Gasteiger partial charge in [-0.15, -0.1) is 10.2 Å². The first-order chi connectivity index (χ1) is 15.0. The lowest BCUT2D eigenvalue weighted by molar-refractivity contribution is 0.00652. The lowest BCUT2D eigenvalue weighted by Gasteiger charge is -2.42. The van der Waals surface area contributed by atoms with Crippen LogP contribution in [0.5, 0.6) is 11.6 Å². The number of nitrogens with zero attached hydrogens (tertiary/aromatic N) is 3. The van der Waals surface area contributed by atoms with Gasteiger partial charge in [0.1, 0.15) is 11.9 Å². The summed E-state index contributed by atoms with van der Waals surface area (Å²) in [5, 5.41) is 22.0. The van der Waals surface area contributed by atoms with E-state index in [0.717, 1.165) is 19.3 Å². The van der Waals surface area contributed by atoms with Gasteiger partial charge in [-0.3, -0.25) is 4.57 Å². The first-order valence-electron chi connectivity index (χ1n) is 10.4. The maximum atomic E-state index is 14.7. The molecule has 4 atom stereocenters. The minimum absolute atomic E-state index is 0.0260. The zero-order valence-corrected chi connectivity index (χ0v) is 17.0. The molecular formula is C22H23FN4O4. The van der Waals surface area contributed by atoms with Crippen LogP contribution in [0.2, 0.25) is 0 Å². The molecule has 0 radical (unpaired) electrons. The van der Waals surface area contributed by atoms with Crippen molar-refractivity contribution in [1.82, 2.24) is 20.1 Å². The van der Waals surface area contributed by atoms with Crippen LogP contribution in [-0.2, 0) is 7.05 Å². The molecule has 1 aromatic carbocycles. The highest BCUT2D eigenvalue weighted by Crippen LogP contribution is 2.33. The van der Waals surface area contributed by atoms with Gasteiger partial charge in [0.25, 0.3) is 0 Å². The molecule has 2 saturated heterocycles. The van der Waals surface area contributed by atoms with Crippen molar-refractivity contribution in [2.75, 3.05) is 0 Å². The number of halogens is 1. The first-order valence-corrected chi connectivity index (χ1v) is 10.4. The summed E-state index contributed by atoms with van der Waals surface area (Å²) in [6.45, 7) is 0. The average molecular weight is 426 g/mol. The SMILES string of the molecule is Cn1cc(-c2ccc(-c3ccc(O[C@H]4C[C@@H]5CCC[C@@H](N5)[C@H]4F)nn3)c(O)c2)oc1=O. The number of alkyl halides is 1. The number of aromatic nitrogens is 3. The van der Waals surface area contributed by atoms with E-state index < -0.39 is 18.0 Å². The van der Waals surface area contributed by atoms with E-state index >= 15 is 0 Å². The molecule has 9 heteroatoms. The monoisotopic (exact) mass is 426 g/mol. The molecule has 3 aromatic rings. The zero-order chi connectivity index (χ0) is 21.5. The summed E-state index contributed by atoms with van der Waals surface area (Å²) in [7, 11) is 1.59. The number of piperidine rings is 2. The van der Waals surface area contributed by atoms with Crippen molar-refractivity contribution < 1.29 is 18.7 Å². The molecule has 162 valence electrons. The second-order valence-corrected chi connectivity index (χ2v) is 8.20. The van der Waals surface area contributed by atoms with Gasteiger partial charge in [0.2, 0.25) is 5.88 Å². The number of hydrogen-bond acceptors (Lipinski definition) is 7. The van der Waals surface area contributed by atoms with Crippen LogP contribution in [0, 0.1) is 0 Å². The molecule has 0 aliphatic carbocycles. The molecular weight excluding hydrogens is 403 g/mol. The summed E-state index contributed by atoms with van der Waals surface area (Å²) in [5.74, 6) is 0.116. The number of aromatic hydroxyl groups is 1. The molecule has 8 nitrogen and oxygen atoms in total. The van der Waals surface area contributed by atoms with Gasteiger partial charge in [-0.2, -0.15) is 0 Å². The number of fused-ring (bicyclic) bond motifs is 2. The number of phenolic OH excluding ortho intramolecular Hbond substituents is 1. The van der Waals surface area contributed by atoms with Gasteiger partial charge in [0.05, 0.1) is 11.9 Å². The Hall–Kier alpha value is -3.20. The van der Waals surface area contributed by atoms with Crippen molar-refractivity contribution in [3.05, 3.63) is 47.1 Å². The Bertz CT molecular complexity index is 1140. The largest absolute Gasteiger partial charge is 0.507 e. The van der Waals surface area contributed by atoms with E-state index in [1.165, 1.54) is 10.6 Å². The normalized spacial score (nSPS) is 25.4. The molecule has 2 N–H and O–H groups in total. The number of benzene rings is 1. The molecule has 2 aliphatic heterocycles. The minimum atomic E-state index is -1.08. The van der Waals surface area contributed by atoms with Crippen LogP contribution in [0.25, 0.3) is 22.6 Å². The number of aryl methyl sites for hydroxylation is 1. The Balaban J connectivity index is 1.32. The highest BCUT2D eigenvalue weighted by atomic mass is 19.1. The van der Waals surface area contributed by atoms with Crippen LogP contribution >= 0.6 is 0 Å². The highest BCUT2D eigenvalue weighted by molar-refractivity contribution is 5.72. The lowest BCUT2D eigenvalue weighted by Crippen LogP contribution is -2.59. The summed E-state index contributed by atoms with van der Waals surface area (Å²) in [6, 6.07) is 8.34. The van der Waals surface area contributed by atoms with E-state index in [2.05, 4.69) is 15.5 Å². The van der Waals surface area contributed by atoms with Gasteiger partial charge in [0.15, 0.2) is 11.9 Å². The first kappa shape index (κ1) is 19.7. The van der Waals surface area contributed by atoms with Crippen LogP contribution < -0.4 is 15.8 Å². The van der Waals surface area contributed by atoms with Gasteiger partial charge < -0.3 is 19.6 Å². The zero-order valence-electron chi connectivity index (χ0n) is 17.0. The Morgan fingerprint density at radius 3 is 2.84 bits per heavy atom. The predicted octanol–water partition coefficient (Wildman–Crippen LogP) is 2.81. The third-order valence-electron chi connectivity index (χ3n) is 6.04. The van der Waals surface area contributed by atoms with Crippen molar-refractivity contribution in [1.29, 1.82) is 0 Å². The van der Waals surface area contributed by atoms with E-state index in [9.17, 15) is 14.3 Å². The van der Waals surface area contributed by atoms with Gasteiger partial charge in [-0.1, -0.05) is 12.5 Å². The molecule has 0 amide bonds. The summed E-state index contributed by atoms with van der Waals surface area (Å²) in [4.78, 5) is 11.5. The second kappa shape index (κ2) is 7.81. The number of phenols is 1. The maximum Gasteiger partial charge on any atom is 0.419 e. The molecule has 2 aromatic heterocycles. The van der Waals surface area contributed by atoms with Crippen molar-refractivity contribution >= 4 is 0 Å². The van der Waals surface area contributed by atoms with Crippen LogP contribution in [0.15, 0.2) is 45.7 Å². The minimum Gasteiger partial charge on any atom is -0.507 e. The number of rotatable bonds is 4. The fourth-order valence-corrected chi connectivity index (χ4v) is 4.41. The predicted molar refractivity (Wildman–Crippen MR) is 111 cm³/mol. The maximum absolute atomic E-state index is 14.7. The number of oxazole rings is 1. The Morgan fingerprint density at radius 1 is 1.26 bits per heavy atom. The highest BCUT2D eigenvalue weighted by Gasteiger charge is 2.41. The van der Waals surface area contributed by atoms with E-state index in [4.69, 9.17) is 9.15 Å². The lowest BCUT2D eigenvalue weighted by atomic mass is 9.84. The van der Waals surface area contributed by atoms with Crippen molar-refractivity contribution in [3.63, 3.8) is 0 Å². The second-order valence-electron chi connectivity index (χ2n) is 8.20. The Kier molecular flexibility index (Phi) is 4.97. The van der Waals surface area contributed by atoms with E-state index in [1.807, 2.05) is 0 Å². The number of hydrogen-bond donors (Lipinski definition) is 2. The molecule has 31 heavy (non-hydrogen) atoms. The molecule has 0 spiro atoms. The number of nitrogens with one attached hydrogen (secondary N) is 1. The Labute approximate surface area is 177 Å². The van der Waals surface area contributed by atoms with E-state index in [1.54, 1.807) is 37.5 Å². The molecule has 2 fully saturated rings.